The molecule has 3 aromatic rings. The Morgan fingerprint density at radius 1 is 1.42 bits per heavy atom. The third-order valence-corrected chi connectivity index (χ3v) is 4.28. The van der Waals surface area contributed by atoms with E-state index in [9.17, 15) is 0 Å². The molecule has 0 fully saturated rings. The Kier molecular flexibility index (Phi) is 3.16. The Morgan fingerprint density at radius 3 is 3.05 bits per heavy atom. The van der Waals surface area contributed by atoms with E-state index in [1.165, 1.54) is 5.69 Å². The molecule has 98 valence electrons. The maximum absolute atomic E-state index is 6.04. The first-order valence-electron chi connectivity index (χ1n) is 5.93. The average Bonchev–Trinajstić information content (AvgIpc) is 2.89. The highest BCUT2D eigenvalue weighted by atomic mass is 35.5. The molecule has 6 heteroatoms. The van der Waals surface area contributed by atoms with Crippen molar-refractivity contribution in [2.75, 3.05) is 5.32 Å². The first-order valence-corrected chi connectivity index (χ1v) is 7.19. The third kappa shape index (κ3) is 2.19. The van der Waals surface area contributed by atoms with Crippen LogP contribution in [-0.2, 0) is 6.54 Å². The smallest absolute Gasteiger partial charge is 0.194 e. The van der Waals surface area contributed by atoms with Crippen LogP contribution in [0.1, 0.15) is 17.1 Å². The van der Waals surface area contributed by atoms with Crippen molar-refractivity contribution in [3.63, 3.8) is 0 Å². The van der Waals surface area contributed by atoms with Crippen LogP contribution in [0, 0.1) is 13.8 Å². The Bertz CT molecular complexity index is 731. The molecular weight excluding hydrogens is 280 g/mol. The van der Waals surface area contributed by atoms with Gasteiger partial charge in [-0.25, -0.2) is 9.97 Å². The predicted octanol–water partition coefficient (Wildman–Crippen LogP) is 3.67. The van der Waals surface area contributed by atoms with Gasteiger partial charge in [0, 0.05) is 17.3 Å². The van der Waals surface area contributed by atoms with E-state index >= 15 is 0 Å². The summed E-state index contributed by atoms with van der Waals surface area (Å²) in [6.07, 6.45) is 1.68. The number of hydrogen-bond acceptors (Lipinski definition) is 4. The van der Waals surface area contributed by atoms with Crippen molar-refractivity contribution < 1.29 is 0 Å². The van der Waals surface area contributed by atoms with Crippen molar-refractivity contribution in [3.05, 3.63) is 45.9 Å². The molecule has 4 nitrogen and oxygen atoms in total. The maximum atomic E-state index is 6.04. The van der Waals surface area contributed by atoms with Gasteiger partial charge in [-0.1, -0.05) is 11.6 Å². The summed E-state index contributed by atoms with van der Waals surface area (Å²) in [5.74, 6) is 0. The number of aryl methyl sites for hydroxylation is 2. The van der Waals surface area contributed by atoms with Gasteiger partial charge in [0.15, 0.2) is 10.1 Å². The summed E-state index contributed by atoms with van der Waals surface area (Å²) >= 11 is 7.70. The van der Waals surface area contributed by atoms with Gasteiger partial charge in [0.05, 0.1) is 23.6 Å². The van der Waals surface area contributed by atoms with Crippen molar-refractivity contribution in [2.45, 2.75) is 20.4 Å². The van der Waals surface area contributed by atoms with Crippen molar-refractivity contribution in [3.8, 4) is 0 Å². The fourth-order valence-electron chi connectivity index (χ4n) is 2.07. The number of fused-ring (bicyclic) bond motifs is 1. The summed E-state index contributed by atoms with van der Waals surface area (Å²) in [6.45, 7) is 4.79. The molecule has 0 saturated carbocycles. The molecule has 1 N–H and O–H groups in total. The van der Waals surface area contributed by atoms with E-state index in [2.05, 4.69) is 32.0 Å². The van der Waals surface area contributed by atoms with Crippen LogP contribution >= 0.6 is 22.9 Å². The highest BCUT2D eigenvalue weighted by Gasteiger charge is 2.12. The van der Waals surface area contributed by atoms with Crippen molar-refractivity contribution in [1.82, 2.24) is 14.4 Å². The Morgan fingerprint density at radius 2 is 2.26 bits per heavy atom. The number of halogens is 1. The lowest BCUT2D eigenvalue weighted by Gasteiger charge is -2.08. The molecule has 0 radical (unpaired) electrons. The number of imidazole rings is 1. The Labute approximate surface area is 120 Å². The third-order valence-electron chi connectivity index (χ3n) is 3.04. The highest BCUT2D eigenvalue weighted by Crippen LogP contribution is 2.23. The van der Waals surface area contributed by atoms with E-state index < -0.39 is 0 Å². The normalized spacial score (nSPS) is 11.1. The topological polar surface area (TPSA) is 42.2 Å². The largest absolute Gasteiger partial charge is 0.377 e. The lowest BCUT2D eigenvalue weighted by Crippen LogP contribution is -2.05. The number of nitrogens with zero attached hydrogens (tertiary/aromatic N) is 3. The number of rotatable bonds is 3. The van der Waals surface area contributed by atoms with Gasteiger partial charge in [-0.15, -0.1) is 11.3 Å². The summed E-state index contributed by atoms with van der Waals surface area (Å²) in [4.78, 5) is 9.65. The lowest BCUT2D eigenvalue weighted by atomic mass is 10.3. The summed E-state index contributed by atoms with van der Waals surface area (Å²) in [5, 5.41) is 5.92. The zero-order chi connectivity index (χ0) is 13.4. The van der Waals surface area contributed by atoms with E-state index in [4.69, 9.17) is 11.6 Å². The van der Waals surface area contributed by atoms with Crippen LogP contribution in [0.4, 0.5) is 5.69 Å². The molecule has 0 aromatic carbocycles. The number of hydrogen-bond donors (Lipinski definition) is 1. The molecule has 0 spiro atoms. The van der Waals surface area contributed by atoms with Crippen LogP contribution < -0.4 is 5.32 Å². The molecule has 0 saturated heterocycles. The summed E-state index contributed by atoms with van der Waals surface area (Å²) in [5.41, 5.74) is 4.25. The van der Waals surface area contributed by atoms with Crippen molar-refractivity contribution in [2.24, 2.45) is 0 Å². The molecule has 3 heterocycles. The number of pyridine rings is 1. The first kappa shape index (κ1) is 12.4. The minimum absolute atomic E-state index is 0.489. The van der Waals surface area contributed by atoms with Crippen LogP contribution in [0.5, 0.6) is 0 Å². The molecule has 0 amide bonds. The average molecular weight is 293 g/mol. The standard InChI is InChI=1S/C13H13ClN4S/c1-8-7-19-13-17-9(2)11(18(8)13)6-16-10-4-3-5-15-12(10)14/h3-5,7,16H,6H2,1-2H3. The van der Waals surface area contributed by atoms with E-state index in [0.29, 0.717) is 11.7 Å². The van der Waals surface area contributed by atoms with Gasteiger partial charge in [-0.05, 0) is 26.0 Å². The second-order valence-electron chi connectivity index (χ2n) is 4.33. The SMILES string of the molecule is Cc1nc2scc(C)n2c1CNc1cccnc1Cl. The maximum Gasteiger partial charge on any atom is 0.194 e. The quantitative estimate of drug-likeness (QED) is 0.749. The van der Waals surface area contributed by atoms with Gasteiger partial charge < -0.3 is 5.32 Å². The monoisotopic (exact) mass is 292 g/mol. The van der Waals surface area contributed by atoms with Crippen LogP contribution in [0.25, 0.3) is 4.96 Å². The number of nitrogens with one attached hydrogen (secondary N) is 1. The summed E-state index contributed by atoms with van der Waals surface area (Å²) < 4.78 is 2.18. The Balaban J connectivity index is 1.92. The fraction of sp³-hybridized carbons (Fsp3) is 0.231. The zero-order valence-corrected chi connectivity index (χ0v) is 12.2. The molecule has 3 rings (SSSR count). The van der Waals surface area contributed by atoms with E-state index in [1.807, 2.05) is 19.1 Å². The van der Waals surface area contributed by atoms with Crippen molar-refractivity contribution in [1.29, 1.82) is 0 Å². The molecular formula is C13H13ClN4S. The van der Waals surface area contributed by atoms with Gasteiger partial charge in [-0.2, -0.15) is 0 Å². The van der Waals surface area contributed by atoms with Gasteiger partial charge >= 0.3 is 0 Å². The van der Waals surface area contributed by atoms with E-state index in [0.717, 1.165) is 22.0 Å². The van der Waals surface area contributed by atoms with E-state index in [1.54, 1.807) is 17.5 Å². The fourth-order valence-corrected chi connectivity index (χ4v) is 3.19. The first-order chi connectivity index (χ1) is 9.16. The second-order valence-corrected chi connectivity index (χ2v) is 5.53. The van der Waals surface area contributed by atoms with Crippen LogP contribution in [0.3, 0.4) is 0 Å². The van der Waals surface area contributed by atoms with Gasteiger partial charge in [-0.3, -0.25) is 4.40 Å². The van der Waals surface area contributed by atoms with Gasteiger partial charge in [0.1, 0.15) is 0 Å². The summed E-state index contributed by atoms with van der Waals surface area (Å²) in [7, 11) is 0. The van der Waals surface area contributed by atoms with Crippen molar-refractivity contribution >= 4 is 33.6 Å². The molecule has 0 unspecified atom stereocenters. The van der Waals surface area contributed by atoms with Gasteiger partial charge in [0.25, 0.3) is 0 Å². The Hall–Kier alpha value is -1.59. The molecule has 0 aliphatic heterocycles. The molecule has 0 aliphatic rings. The molecule has 19 heavy (non-hydrogen) atoms. The van der Waals surface area contributed by atoms with E-state index in [-0.39, 0.29) is 0 Å². The minimum Gasteiger partial charge on any atom is -0.377 e. The molecule has 3 aromatic heterocycles. The van der Waals surface area contributed by atoms with Crippen LogP contribution in [0.15, 0.2) is 23.7 Å². The number of anilines is 1. The molecule has 0 bridgehead atoms. The van der Waals surface area contributed by atoms with Crippen LogP contribution in [-0.4, -0.2) is 14.4 Å². The minimum atomic E-state index is 0.489. The zero-order valence-electron chi connectivity index (χ0n) is 10.6. The van der Waals surface area contributed by atoms with Crippen LogP contribution in [0.2, 0.25) is 5.15 Å². The van der Waals surface area contributed by atoms with Gasteiger partial charge in [0.2, 0.25) is 0 Å². The number of aromatic nitrogens is 3. The molecule has 0 aliphatic carbocycles. The highest BCUT2D eigenvalue weighted by molar-refractivity contribution is 7.15. The lowest BCUT2D eigenvalue weighted by molar-refractivity contribution is 0.965. The summed E-state index contributed by atoms with van der Waals surface area (Å²) in [6, 6.07) is 3.78. The predicted molar refractivity (Wildman–Crippen MR) is 79.1 cm³/mol. The number of thiazole rings is 1. The second kappa shape index (κ2) is 4.83. The molecule has 0 atom stereocenters.